The SMILES string of the molecule is NC1(C(=O)Nc2ccc(N3CCNC3=O)cc2)CCOC1. The van der Waals surface area contributed by atoms with Gasteiger partial charge in [0.15, 0.2) is 0 Å². The van der Waals surface area contributed by atoms with Crippen LogP contribution in [-0.2, 0) is 9.53 Å². The Bertz CT molecular complexity index is 552. The molecule has 0 bridgehead atoms. The van der Waals surface area contributed by atoms with Gasteiger partial charge in [-0.25, -0.2) is 4.79 Å². The van der Waals surface area contributed by atoms with Crippen molar-refractivity contribution in [2.45, 2.75) is 12.0 Å². The Labute approximate surface area is 122 Å². The van der Waals surface area contributed by atoms with E-state index in [9.17, 15) is 9.59 Å². The number of nitrogens with one attached hydrogen (secondary N) is 2. The van der Waals surface area contributed by atoms with Gasteiger partial charge < -0.3 is 21.1 Å². The summed E-state index contributed by atoms with van der Waals surface area (Å²) in [5, 5.41) is 5.53. The predicted octanol–water partition coefficient (Wildman–Crippen LogP) is 0.272. The van der Waals surface area contributed by atoms with E-state index in [2.05, 4.69) is 10.6 Å². The van der Waals surface area contributed by atoms with Gasteiger partial charge in [0.05, 0.1) is 6.61 Å². The Hall–Kier alpha value is -2.12. The predicted molar refractivity (Wildman–Crippen MR) is 78.2 cm³/mol. The molecule has 0 aromatic heterocycles. The van der Waals surface area contributed by atoms with Crippen molar-refractivity contribution in [2.24, 2.45) is 5.73 Å². The molecule has 1 aromatic carbocycles. The van der Waals surface area contributed by atoms with E-state index in [-0.39, 0.29) is 18.5 Å². The number of ether oxygens (including phenoxy) is 1. The first-order valence-electron chi connectivity index (χ1n) is 6.92. The zero-order chi connectivity index (χ0) is 14.9. The van der Waals surface area contributed by atoms with Gasteiger partial charge in [0.25, 0.3) is 0 Å². The Morgan fingerprint density at radius 3 is 2.71 bits per heavy atom. The molecular formula is C14H18N4O3. The lowest BCUT2D eigenvalue weighted by Crippen LogP contribution is -2.51. The molecular weight excluding hydrogens is 272 g/mol. The molecule has 3 rings (SSSR count). The summed E-state index contributed by atoms with van der Waals surface area (Å²) >= 11 is 0. The van der Waals surface area contributed by atoms with E-state index >= 15 is 0 Å². The van der Waals surface area contributed by atoms with Gasteiger partial charge >= 0.3 is 6.03 Å². The average Bonchev–Trinajstić information content (AvgIpc) is 3.09. The minimum Gasteiger partial charge on any atom is -0.379 e. The Morgan fingerprint density at radius 2 is 2.14 bits per heavy atom. The highest BCUT2D eigenvalue weighted by molar-refractivity contribution is 5.99. The number of nitrogens with two attached hydrogens (primary N) is 1. The summed E-state index contributed by atoms with van der Waals surface area (Å²) in [6.07, 6.45) is 0.519. The second kappa shape index (κ2) is 5.34. The highest BCUT2D eigenvalue weighted by Gasteiger charge is 2.38. The van der Waals surface area contributed by atoms with E-state index in [0.717, 1.165) is 5.69 Å². The lowest BCUT2D eigenvalue weighted by molar-refractivity contribution is -0.121. The van der Waals surface area contributed by atoms with E-state index in [1.165, 1.54) is 0 Å². The maximum atomic E-state index is 12.1. The third kappa shape index (κ3) is 2.70. The Morgan fingerprint density at radius 1 is 1.38 bits per heavy atom. The monoisotopic (exact) mass is 290 g/mol. The number of hydrogen-bond donors (Lipinski definition) is 3. The molecule has 7 heteroatoms. The maximum Gasteiger partial charge on any atom is 0.321 e. The van der Waals surface area contributed by atoms with Crippen LogP contribution in [0.25, 0.3) is 0 Å². The zero-order valence-electron chi connectivity index (χ0n) is 11.6. The summed E-state index contributed by atoms with van der Waals surface area (Å²) in [6.45, 7) is 2.04. The molecule has 1 atom stereocenters. The van der Waals surface area contributed by atoms with Gasteiger partial charge in [0.1, 0.15) is 5.54 Å². The first kappa shape index (κ1) is 13.8. The summed E-state index contributed by atoms with van der Waals surface area (Å²) in [7, 11) is 0. The number of hydrogen-bond acceptors (Lipinski definition) is 4. The van der Waals surface area contributed by atoms with Gasteiger partial charge in [-0.1, -0.05) is 0 Å². The molecule has 4 N–H and O–H groups in total. The molecule has 0 radical (unpaired) electrons. The quantitative estimate of drug-likeness (QED) is 0.744. The Balaban J connectivity index is 1.67. The van der Waals surface area contributed by atoms with Gasteiger partial charge in [0, 0.05) is 31.1 Å². The van der Waals surface area contributed by atoms with Crippen molar-refractivity contribution in [1.29, 1.82) is 0 Å². The summed E-state index contributed by atoms with van der Waals surface area (Å²) in [4.78, 5) is 25.4. The molecule has 2 saturated heterocycles. The number of anilines is 2. The normalized spacial score (nSPS) is 25.0. The van der Waals surface area contributed by atoms with Crippen molar-refractivity contribution in [3.63, 3.8) is 0 Å². The molecule has 2 fully saturated rings. The molecule has 21 heavy (non-hydrogen) atoms. The second-order valence-electron chi connectivity index (χ2n) is 5.34. The van der Waals surface area contributed by atoms with Crippen LogP contribution in [0, 0.1) is 0 Å². The number of benzene rings is 1. The molecule has 3 amide bonds. The Kier molecular flexibility index (Phi) is 3.52. The molecule has 2 aliphatic heterocycles. The van der Waals surface area contributed by atoms with Crippen LogP contribution in [0.4, 0.5) is 16.2 Å². The molecule has 0 aliphatic carbocycles. The third-order valence-corrected chi connectivity index (χ3v) is 3.80. The number of amides is 3. The van der Waals surface area contributed by atoms with Gasteiger partial charge in [-0.05, 0) is 30.7 Å². The molecule has 0 saturated carbocycles. The first-order chi connectivity index (χ1) is 10.1. The zero-order valence-corrected chi connectivity index (χ0v) is 11.6. The van der Waals surface area contributed by atoms with Gasteiger partial charge in [-0.2, -0.15) is 0 Å². The fraction of sp³-hybridized carbons (Fsp3) is 0.429. The molecule has 2 heterocycles. The summed E-state index contributed by atoms with van der Waals surface area (Å²) in [5.74, 6) is -0.244. The highest BCUT2D eigenvalue weighted by Crippen LogP contribution is 2.22. The number of carbonyl (C=O) groups excluding carboxylic acids is 2. The fourth-order valence-corrected chi connectivity index (χ4v) is 2.46. The van der Waals surface area contributed by atoms with Crippen molar-refractivity contribution in [3.05, 3.63) is 24.3 Å². The van der Waals surface area contributed by atoms with E-state index < -0.39 is 5.54 Å². The average molecular weight is 290 g/mol. The maximum absolute atomic E-state index is 12.1. The number of urea groups is 1. The second-order valence-corrected chi connectivity index (χ2v) is 5.34. The molecule has 1 unspecified atom stereocenters. The van der Waals surface area contributed by atoms with E-state index in [4.69, 9.17) is 10.5 Å². The smallest absolute Gasteiger partial charge is 0.321 e. The van der Waals surface area contributed by atoms with Crippen LogP contribution >= 0.6 is 0 Å². The largest absolute Gasteiger partial charge is 0.379 e. The van der Waals surface area contributed by atoms with Crippen LogP contribution in [-0.4, -0.2) is 43.8 Å². The van der Waals surface area contributed by atoms with Crippen molar-refractivity contribution in [2.75, 3.05) is 36.5 Å². The summed E-state index contributed by atoms with van der Waals surface area (Å²) < 4.78 is 5.18. The summed E-state index contributed by atoms with van der Waals surface area (Å²) in [6, 6.07) is 7.02. The topological polar surface area (TPSA) is 96.7 Å². The molecule has 1 aromatic rings. The lowest BCUT2D eigenvalue weighted by atomic mass is 9.99. The minimum atomic E-state index is -0.951. The lowest BCUT2D eigenvalue weighted by Gasteiger charge is -2.21. The molecule has 2 aliphatic rings. The van der Waals surface area contributed by atoms with Crippen molar-refractivity contribution >= 4 is 23.3 Å². The summed E-state index contributed by atoms with van der Waals surface area (Å²) in [5.41, 5.74) is 6.50. The van der Waals surface area contributed by atoms with Gasteiger partial charge in [-0.15, -0.1) is 0 Å². The number of rotatable bonds is 3. The van der Waals surface area contributed by atoms with Crippen molar-refractivity contribution < 1.29 is 14.3 Å². The van der Waals surface area contributed by atoms with Crippen LogP contribution in [0.2, 0.25) is 0 Å². The van der Waals surface area contributed by atoms with Crippen LogP contribution in [0.1, 0.15) is 6.42 Å². The van der Waals surface area contributed by atoms with Crippen molar-refractivity contribution in [3.8, 4) is 0 Å². The number of carbonyl (C=O) groups is 2. The van der Waals surface area contributed by atoms with Crippen LogP contribution in [0.3, 0.4) is 0 Å². The first-order valence-corrected chi connectivity index (χ1v) is 6.92. The van der Waals surface area contributed by atoms with E-state index in [0.29, 0.717) is 31.8 Å². The molecule has 7 nitrogen and oxygen atoms in total. The van der Waals surface area contributed by atoms with Gasteiger partial charge in [0.2, 0.25) is 5.91 Å². The van der Waals surface area contributed by atoms with Crippen LogP contribution in [0.5, 0.6) is 0 Å². The van der Waals surface area contributed by atoms with Gasteiger partial charge in [-0.3, -0.25) is 9.69 Å². The highest BCUT2D eigenvalue weighted by atomic mass is 16.5. The fourth-order valence-electron chi connectivity index (χ4n) is 2.46. The molecule has 0 spiro atoms. The number of nitrogens with zero attached hydrogens (tertiary/aromatic N) is 1. The van der Waals surface area contributed by atoms with E-state index in [1.54, 1.807) is 29.2 Å². The van der Waals surface area contributed by atoms with E-state index in [1.807, 2.05) is 0 Å². The van der Waals surface area contributed by atoms with Crippen LogP contribution < -0.4 is 21.3 Å². The minimum absolute atomic E-state index is 0.101. The molecule has 112 valence electrons. The van der Waals surface area contributed by atoms with Crippen molar-refractivity contribution in [1.82, 2.24) is 5.32 Å². The standard InChI is InChI=1S/C14H18N4O3/c15-14(5-8-21-9-14)12(19)17-10-1-3-11(4-2-10)18-7-6-16-13(18)20/h1-4H,5-9,15H2,(H,16,20)(H,17,19). The van der Waals surface area contributed by atoms with Crippen LogP contribution in [0.15, 0.2) is 24.3 Å². The third-order valence-electron chi connectivity index (χ3n) is 3.80.